The maximum atomic E-state index is 12.5. The average molecular weight is 393 g/mol. The fraction of sp³-hybridized carbons (Fsp3) is 0.632. The van der Waals surface area contributed by atoms with Gasteiger partial charge in [0.15, 0.2) is 0 Å². The molecule has 1 aromatic carbocycles. The predicted octanol–water partition coefficient (Wildman–Crippen LogP) is 4.31. The molecule has 5 heteroatoms. The van der Waals surface area contributed by atoms with Crippen LogP contribution in [0.3, 0.4) is 0 Å². The first-order chi connectivity index (χ1) is 11.3. The molecule has 4 nitrogen and oxygen atoms in total. The smallest absolute Gasteiger partial charge is 0.410 e. The summed E-state index contributed by atoms with van der Waals surface area (Å²) in [6.07, 6.45) is 3.23. The Bertz CT molecular complexity index is 683. The van der Waals surface area contributed by atoms with Crippen LogP contribution in [0, 0.1) is 0 Å². The highest BCUT2D eigenvalue weighted by Crippen LogP contribution is 2.49. The number of rotatable bonds is 0. The Morgan fingerprint density at radius 1 is 1.29 bits per heavy atom. The van der Waals surface area contributed by atoms with Crippen LogP contribution in [0.5, 0.6) is 0 Å². The first-order valence-electron chi connectivity index (χ1n) is 8.90. The van der Waals surface area contributed by atoms with Gasteiger partial charge >= 0.3 is 6.09 Å². The topological polar surface area (TPSA) is 32.8 Å². The minimum absolute atomic E-state index is 0.175. The van der Waals surface area contributed by atoms with Crippen LogP contribution in [0.25, 0.3) is 0 Å². The number of fused-ring (bicyclic) bond motifs is 3. The molecule has 4 rings (SSSR count). The third-order valence-corrected chi connectivity index (χ3v) is 5.80. The molecule has 130 valence electrons. The van der Waals surface area contributed by atoms with Crippen molar-refractivity contribution in [2.24, 2.45) is 0 Å². The molecule has 0 spiro atoms. The summed E-state index contributed by atoms with van der Waals surface area (Å²) >= 11 is 3.68. The van der Waals surface area contributed by atoms with Gasteiger partial charge in [0.05, 0.1) is 0 Å². The number of likely N-dealkylation sites (tertiary alicyclic amines) is 1. The van der Waals surface area contributed by atoms with Crippen LogP contribution in [0.4, 0.5) is 10.5 Å². The van der Waals surface area contributed by atoms with E-state index < -0.39 is 5.60 Å². The van der Waals surface area contributed by atoms with Crippen molar-refractivity contribution in [3.63, 3.8) is 0 Å². The summed E-state index contributed by atoms with van der Waals surface area (Å²) in [5.74, 6) is 0.399. The zero-order valence-electron chi connectivity index (χ0n) is 14.6. The Balaban J connectivity index is 1.62. The summed E-state index contributed by atoms with van der Waals surface area (Å²) in [6.45, 7) is 8.48. The fourth-order valence-electron chi connectivity index (χ4n) is 4.50. The van der Waals surface area contributed by atoms with Gasteiger partial charge in [0.25, 0.3) is 0 Å². The van der Waals surface area contributed by atoms with Crippen molar-refractivity contribution in [3.05, 3.63) is 27.7 Å². The van der Waals surface area contributed by atoms with E-state index in [4.69, 9.17) is 4.74 Å². The van der Waals surface area contributed by atoms with Crippen LogP contribution in [-0.2, 0) is 11.2 Å². The summed E-state index contributed by atoms with van der Waals surface area (Å²) in [4.78, 5) is 17.0. The summed E-state index contributed by atoms with van der Waals surface area (Å²) in [7, 11) is 0. The van der Waals surface area contributed by atoms with Gasteiger partial charge in [-0.3, -0.25) is 0 Å². The summed E-state index contributed by atoms with van der Waals surface area (Å²) < 4.78 is 6.75. The van der Waals surface area contributed by atoms with Crippen molar-refractivity contribution >= 4 is 27.7 Å². The molecule has 2 atom stereocenters. The zero-order valence-corrected chi connectivity index (χ0v) is 16.2. The molecule has 1 amide bonds. The van der Waals surface area contributed by atoms with Crippen LogP contribution in [0.1, 0.15) is 50.7 Å². The standard InChI is InChI=1S/C19H25BrN2O2/c1-19(2,3)24-18(23)21-8-6-16-15(11-21)14-10-13(20)9-12-5-4-7-22(16)17(12)14/h9-10,15-16H,4-8,11H2,1-3H3. The highest BCUT2D eigenvalue weighted by molar-refractivity contribution is 9.10. The number of aryl methyl sites for hydroxylation is 1. The molecule has 3 heterocycles. The molecular formula is C19H25BrN2O2. The lowest BCUT2D eigenvalue weighted by molar-refractivity contribution is 0.0189. The van der Waals surface area contributed by atoms with E-state index in [1.54, 1.807) is 0 Å². The molecule has 1 saturated heterocycles. The van der Waals surface area contributed by atoms with Gasteiger partial charge in [0, 0.05) is 41.8 Å². The quantitative estimate of drug-likeness (QED) is 0.659. The van der Waals surface area contributed by atoms with Gasteiger partial charge in [0.2, 0.25) is 0 Å². The lowest BCUT2D eigenvalue weighted by Crippen LogP contribution is -2.49. The second-order valence-corrected chi connectivity index (χ2v) is 9.10. The maximum absolute atomic E-state index is 12.5. The first-order valence-corrected chi connectivity index (χ1v) is 9.70. The first kappa shape index (κ1) is 16.2. The van der Waals surface area contributed by atoms with E-state index >= 15 is 0 Å². The van der Waals surface area contributed by atoms with E-state index in [0.29, 0.717) is 12.0 Å². The molecule has 0 saturated carbocycles. The predicted molar refractivity (Wildman–Crippen MR) is 98.8 cm³/mol. The number of nitrogens with zero attached hydrogens (tertiary/aromatic N) is 2. The van der Waals surface area contributed by atoms with E-state index in [1.165, 1.54) is 23.2 Å². The van der Waals surface area contributed by atoms with E-state index in [0.717, 1.165) is 36.9 Å². The number of ether oxygens (including phenoxy) is 1. The van der Waals surface area contributed by atoms with Gasteiger partial charge in [-0.15, -0.1) is 0 Å². The monoisotopic (exact) mass is 392 g/mol. The van der Waals surface area contributed by atoms with Crippen molar-refractivity contribution in [2.45, 2.75) is 57.6 Å². The minimum atomic E-state index is -0.438. The Labute approximate surface area is 152 Å². The highest BCUT2D eigenvalue weighted by atomic mass is 79.9. The Morgan fingerprint density at radius 2 is 2.08 bits per heavy atom. The SMILES string of the molecule is CC(C)(C)OC(=O)N1CCC2C(C1)c1cc(Br)cc3c1N2CCC3. The van der Waals surface area contributed by atoms with E-state index in [9.17, 15) is 4.79 Å². The molecule has 3 aliphatic rings. The van der Waals surface area contributed by atoms with Gasteiger partial charge in [-0.25, -0.2) is 4.79 Å². The number of carbonyl (C=O) groups excluding carboxylic acids is 1. The minimum Gasteiger partial charge on any atom is -0.444 e. The van der Waals surface area contributed by atoms with Crippen LogP contribution in [0.15, 0.2) is 16.6 Å². The van der Waals surface area contributed by atoms with Gasteiger partial charge in [0.1, 0.15) is 5.60 Å². The van der Waals surface area contributed by atoms with Gasteiger partial charge in [-0.2, -0.15) is 0 Å². The second kappa shape index (κ2) is 5.65. The highest BCUT2D eigenvalue weighted by Gasteiger charge is 2.45. The third-order valence-electron chi connectivity index (χ3n) is 5.34. The molecule has 1 fully saturated rings. The van der Waals surface area contributed by atoms with Crippen LogP contribution in [0.2, 0.25) is 0 Å². The van der Waals surface area contributed by atoms with E-state index in [2.05, 4.69) is 33.0 Å². The molecule has 1 aromatic rings. The van der Waals surface area contributed by atoms with Crippen molar-refractivity contribution in [3.8, 4) is 0 Å². The van der Waals surface area contributed by atoms with Crippen molar-refractivity contribution in [1.29, 1.82) is 0 Å². The summed E-state index contributed by atoms with van der Waals surface area (Å²) in [5, 5.41) is 0. The number of piperidine rings is 1. The summed E-state index contributed by atoms with van der Waals surface area (Å²) in [5.41, 5.74) is 3.89. The molecule has 0 aromatic heterocycles. The Morgan fingerprint density at radius 3 is 2.83 bits per heavy atom. The Hall–Kier alpha value is -1.23. The van der Waals surface area contributed by atoms with Crippen molar-refractivity contribution in [1.82, 2.24) is 4.90 Å². The molecular weight excluding hydrogens is 368 g/mol. The summed E-state index contributed by atoms with van der Waals surface area (Å²) in [6, 6.07) is 5.07. The number of hydrogen-bond donors (Lipinski definition) is 0. The molecule has 3 aliphatic heterocycles. The molecule has 0 N–H and O–H groups in total. The lowest BCUT2D eigenvalue weighted by atomic mass is 9.89. The number of anilines is 1. The lowest BCUT2D eigenvalue weighted by Gasteiger charge is -2.40. The molecule has 0 aliphatic carbocycles. The number of hydrogen-bond acceptors (Lipinski definition) is 3. The van der Waals surface area contributed by atoms with Gasteiger partial charge in [-0.05, 0) is 63.3 Å². The molecule has 2 unspecified atom stereocenters. The van der Waals surface area contributed by atoms with Gasteiger partial charge in [-0.1, -0.05) is 15.9 Å². The van der Waals surface area contributed by atoms with E-state index in [-0.39, 0.29) is 6.09 Å². The molecule has 24 heavy (non-hydrogen) atoms. The second-order valence-electron chi connectivity index (χ2n) is 8.19. The zero-order chi connectivity index (χ0) is 17.1. The number of halogens is 1. The van der Waals surface area contributed by atoms with Gasteiger partial charge < -0.3 is 14.5 Å². The third kappa shape index (κ3) is 2.71. The number of amides is 1. The van der Waals surface area contributed by atoms with Crippen LogP contribution >= 0.6 is 15.9 Å². The normalized spacial score (nSPS) is 25.3. The van der Waals surface area contributed by atoms with Crippen molar-refractivity contribution in [2.75, 3.05) is 24.5 Å². The average Bonchev–Trinajstić information content (AvgIpc) is 2.81. The fourth-order valence-corrected chi connectivity index (χ4v) is 5.02. The number of benzene rings is 1. The number of carbonyl (C=O) groups is 1. The largest absolute Gasteiger partial charge is 0.444 e. The molecule has 0 radical (unpaired) electrons. The van der Waals surface area contributed by atoms with Crippen molar-refractivity contribution < 1.29 is 9.53 Å². The molecule has 0 bridgehead atoms. The Kier molecular flexibility index (Phi) is 3.83. The maximum Gasteiger partial charge on any atom is 0.410 e. The van der Waals surface area contributed by atoms with E-state index in [1.807, 2.05) is 25.7 Å². The van der Waals surface area contributed by atoms with Crippen LogP contribution < -0.4 is 4.90 Å². The van der Waals surface area contributed by atoms with Crippen LogP contribution in [-0.4, -0.2) is 42.3 Å².